The third kappa shape index (κ3) is 1.93. The van der Waals surface area contributed by atoms with Crippen molar-refractivity contribution in [3.8, 4) is 0 Å². The van der Waals surface area contributed by atoms with Crippen molar-refractivity contribution in [2.24, 2.45) is 0 Å². The molecular formula is C10H10ClN3. The third-order valence-electron chi connectivity index (χ3n) is 1.87. The lowest BCUT2D eigenvalue weighted by Gasteiger charge is -2.02. The molecule has 1 heterocycles. The predicted octanol–water partition coefficient (Wildman–Crippen LogP) is 2.28. The molecule has 0 unspecified atom stereocenters. The standard InChI is InChI=1S/C10H10ClN3/c11-5-6-12-10-13-7-8-3-1-2-4-9(8)14-10/h1-4,7H,5-6H2,(H,12,13,14). The molecular weight excluding hydrogens is 198 g/mol. The Bertz CT molecular complexity index is 430. The van der Waals surface area contributed by atoms with E-state index in [0.29, 0.717) is 18.4 Å². The van der Waals surface area contributed by atoms with Crippen LogP contribution in [0.25, 0.3) is 10.9 Å². The predicted molar refractivity (Wildman–Crippen MR) is 58.7 cm³/mol. The van der Waals surface area contributed by atoms with Crippen LogP contribution in [0.2, 0.25) is 0 Å². The summed E-state index contributed by atoms with van der Waals surface area (Å²) in [6, 6.07) is 7.88. The second-order valence-corrected chi connectivity index (χ2v) is 3.25. The van der Waals surface area contributed by atoms with E-state index in [0.717, 1.165) is 10.9 Å². The van der Waals surface area contributed by atoms with Gasteiger partial charge in [-0.05, 0) is 6.07 Å². The number of nitrogens with one attached hydrogen (secondary N) is 1. The summed E-state index contributed by atoms with van der Waals surface area (Å²) in [4.78, 5) is 8.50. The maximum atomic E-state index is 5.55. The van der Waals surface area contributed by atoms with E-state index >= 15 is 0 Å². The summed E-state index contributed by atoms with van der Waals surface area (Å²) in [6.07, 6.45) is 1.80. The maximum absolute atomic E-state index is 5.55. The molecule has 1 aromatic heterocycles. The Balaban J connectivity index is 2.32. The van der Waals surface area contributed by atoms with Crippen molar-refractivity contribution in [3.05, 3.63) is 30.5 Å². The van der Waals surface area contributed by atoms with Gasteiger partial charge in [0, 0.05) is 24.0 Å². The molecule has 2 aromatic rings. The van der Waals surface area contributed by atoms with Gasteiger partial charge in [-0.2, -0.15) is 0 Å². The number of nitrogens with zero attached hydrogens (tertiary/aromatic N) is 2. The molecule has 0 bridgehead atoms. The van der Waals surface area contributed by atoms with Crippen LogP contribution in [0.15, 0.2) is 30.5 Å². The molecule has 1 aromatic carbocycles. The molecule has 0 aliphatic rings. The molecule has 0 spiro atoms. The lowest BCUT2D eigenvalue weighted by molar-refractivity contribution is 1.11. The van der Waals surface area contributed by atoms with Crippen LogP contribution in [0.3, 0.4) is 0 Å². The van der Waals surface area contributed by atoms with Gasteiger partial charge in [-0.1, -0.05) is 18.2 Å². The van der Waals surface area contributed by atoms with Crippen molar-refractivity contribution >= 4 is 28.5 Å². The number of benzene rings is 1. The Labute approximate surface area is 87.1 Å². The number of anilines is 1. The summed E-state index contributed by atoms with van der Waals surface area (Å²) in [5, 5.41) is 4.08. The highest BCUT2D eigenvalue weighted by atomic mass is 35.5. The highest BCUT2D eigenvalue weighted by molar-refractivity contribution is 6.18. The van der Waals surface area contributed by atoms with E-state index in [1.54, 1.807) is 6.20 Å². The highest BCUT2D eigenvalue weighted by Crippen LogP contribution is 2.11. The van der Waals surface area contributed by atoms with Gasteiger partial charge in [0.05, 0.1) is 5.52 Å². The first kappa shape index (κ1) is 9.21. The van der Waals surface area contributed by atoms with Crippen molar-refractivity contribution in [2.75, 3.05) is 17.7 Å². The average molecular weight is 208 g/mol. The molecule has 0 radical (unpaired) electrons. The van der Waals surface area contributed by atoms with E-state index in [-0.39, 0.29) is 0 Å². The van der Waals surface area contributed by atoms with E-state index in [1.807, 2.05) is 24.3 Å². The van der Waals surface area contributed by atoms with E-state index in [2.05, 4.69) is 15.3 Å². The van der Waals surface area contributed by atoms with Gasteiger partial charge >= 0.3 is 0 Å². The van der Waals surface area contributed by atoms with E-state index in [4.69, 9.17) is 11.6 Å². The summed E-state index contributed by atoms with van der Waals surface area (Å²) in [5.74, 6) is 1.18. The topological polar surface area (TPSA) is 37.8 Å². The van der Waals surface area contributed by atoms with Gasteiger partial charge in [0.2, 0.25) is 5.95 Å². The first-order chi connectivity index (χ1) is 6.90. The molecule has 72 valence electrons. The van der Waals surface area contributed by atoms with Gasteiger partial charge in [0.1, 0.15) is 0 Å². The Kier molecular flexibility index (Phi) is 2.79. The van der Waals surface area contributed by atoms with Crippen molar-refractivity contribution in [1.29, 1.82) is 0 Å². The van der Waals surface area contributed by atoms with E-state index in [1.165, 1.54) is 0 Å². The molecule has 0 saturated carbocycles. The van der Waals surface area contributed by atoms with Crippen molar-refractivity contribution in [1.82, 2.24) is 9.97 Å². The fourth-order valence-corrected chi connectivity index (χ4v) is 1.31. The zero-order chi connectivity index (χ0) is 9.80. The number of hydrogen-bond acceptors (Lipinski definition) is 3. The first-order valence-corrected chi connectivity index (χ1v) is 4.95. The molecule has 1 N–H and O–H groups in total. The molecule has 0 aliphatic carbocycles. The monoisotopic (exact) mass is 207 g/mol. The quantitative estimate of drug-likeness (QED) is 0.785. The number of halogens is 1. The van der Waals surface area contributed by atoms with Gasteiger partial charge in [0.15, 0.2) is 0 Å². The Morgan fingerprint density at radius 2 is 2.14 bits per heavy atom. The minimum atomic E-state index is 0.552. The molecule has 14 heavy (non-hydrogen) atoms. The zero-order valence-electron chi connectivity index (χ0n) is 7.57. The minimum absolute atomic E-state index is 0.552. The largest absolute Gasteiger partial charge is 0.353 e. The van der Waals surface area contributed by atoms with Crippen LogP contribution in [-0.4, -0.2) is 22.4 Å². The lowest BCUT2D eigenvalue weighted by Crippen LogP contribution is -2.05. The smallest absolute Gasteiger partial charge is 0.223 e. The van der Waals surface area contributed by atoms with Crippen LogP contribution < -0.4 is 5.32 Å². The van der Waals surface area contributed by atoms with E-state index in [9.17, 15) is 0 Å². The second-order valence-electron chi connectivity index (χ2n) is 2.87. The van der Waals surface area contributed by atoms with Crippen molar-refractivity contribution in [3.63, 3.8) is 0 Å². The van der Waals surface area contributed by atoms with Gasteiger partial charge < -0.3 is 5.32 Å². The Morgan fingerprint density at radius 3 is 3.00 bits per heavy atom. The van der Waals surface area contributed by atoms with Crippen molar-refractivity contribution < 1.29 is 0 Å². The fraction of sp³-hybridized carbons (Fsp3) is 0.200. The summed E-state index contributed by atoms with van der Waals surface area (Å²) in [7, 11) is 0. The minimum Gasteiger partial charge on any atom is -0.353 e. The molecule has 0 atom stereocenters. The highest BCUT2D eigenvalue weighted by Gasteiger charge is 1.97. The molecule has 0 saturated heterocycles. The molecule has 0 aliphatic heterocycles. The zero-order valence-corrected chi connectivity index (χ0v) is 8.33. The fourth-order valence-electron chi connectivity index (χ4n) is 1.22. The van der Waals surface area contributed by atoms with Crippen LogP contribution >= 0.6 is 11.6 Å². The normalized spacial score (nSPS) is 10.4. The molecule has 4 heteroatoms. The second kappa shape index (κ2) is 4.24. The average Bonchev–Trinajstić information content (AvgIpc) is 2.26. The van der Waals surface area contributed by atoms with Crippen LogP contribution in [0.5, 0.6) is 0 Å². The van der Waals surface area contributed by atoms with Crippen LogP contribution in [0.1, 0.15) is 0 Å². The van der Waals surface area contributed by atoms with Gasteiger partial charge in [-0.3, -0.25) is 0 Å². The van der Waals surface area contributed by atoms with Crippen LogP contribution in [0.4, 0.5) is 5.95 Å². The number of alkyl halides is 1. The molecule has 2 rings (SSSR count). The summed E-state index contributed by atoms with van der Waals surface area (Å²) >= 11 is 5.55. The van der Waals surface area contributed by atoms with E-state index < -0.39 is 0 Å². The van der Waals surface area contributed by atoms with Gasteiger partial charge in [-0.15, -0.1) is 11.6 Å². The van der Waals surface area contributed by atoms with Gasteiger partial charge in [0.25, 0.3) is 0 Å². The van der Waals surface area contributed by atoms with Crippen LogP contribution in [-0.2, 0) is 0 Å². The summed E-state index contributed by atoms with van der Waals surface area (Å²) < 4.78 is 0. The molecule has 0 amide bonds. The molecule has 3 nitrogen and oxygen atoms in total. The number of para-hydroxylation sites is 1. The maximum Gasteiger partial charge on any atom is 0.223 e. The Hall–Kier alpha value is -1.35. The Morgan fingerprint density at radius 1 is 1.29 bits per heavy atom. The number of hydrogen-bond donors (Lipinski definition) is 1. The number of rotatable bonds is 3. The van der Waals surface area contributed by atoms with Gasteiger partial charge in [-0.25, -0.2) is 9.97 Å². The summed E-state index contributed by atoms with van der Waals surface area (Å²) in [6.45, 7) is 0.680. The van der Waals surface area contributed by atoms with Crippen molar-refractivity contribution in [2.45, 2.75) is 0 Å². The number of fused-ring (bicyclic) bond motifs is 1. The lowest BCUT2D eigenvalue weighted by atomic mass is 10.2. The summed E-state index contributed by atoms with van der Waals surface area (Å²) in [5.41, 5.74) is 0.944. The SMILES string of the molecule is ClCCNc1ncc2ccccc2n1. The number of aromatic nitrogens is 2. The van der Waals surface area contributed by atoms with Crippen LogP contribution in [0, 0.1) is 0 Å². The molecule has 0 fully saturated rings. The first-order valence-electron chi connectivity index (χ1n) is 4.42. The third-order valence-corrected chi connectivity index (χ3v) is 2.06.